The standard InChI is InChI=1S/C23H27N3O7/c1-16(27)21(26-23(31)33-15-18-10-6-3-7-11-18)22(30)25-12-19(28)24-13-20(29)32-14-17-8-4-2-5-9-17/h2-11,16,21,27H,12-15H2,1H3,(H,24,28)(H,25,30)(H,26,31)/t16-,21-/m0/s1. The van der Waals surface area contributed by atoms with Gasteiger partial charge in [-0.1, -0.05) is 60.7 Å². The Kier molecular flexibility index (Phi) is 10.4. The van der Waals surface area contributed by atoms with Crippen molar-refractivity contribution in [2.45, 2.75) is 32.3 Å². The maximum atomic E-state index is 12.3. The molecule has 0 saturated heterocycles. The van der Waals surface area contributed by atoms with Crippen LogP contribution in [0.1, 0.15) is 18.1 Å². The predicted molar refractivity (Wildman–Crippen MR) is 117 cm³/mol. The highest BCUT2D eigenvalue weighted by molar-refractivity contribution is 5.90. The van der Waals surface area contributed by atoms with Crippen molar-refractivity contribution in [3.05, 3.63) is 71.8 Å². The van der Waals surface area contributed by atoms with Gasteiger partial charge in [-0.2, -0.15) is 0 Å². The lowest BCUT2D eigenvalue weighted by atomic mass is 10.1. The van der Waals surface area contributed by atoms with E-state index >= 15 is 0 Å². The van der Waals surface area contributed by atoms with Crippen molar-refractivity contribution in [1.82, 2.24) is 16.0 Å². The van der Waals surface area contributed by atoms with E-state index in [1.165, 1.54) is 6.92 Å². The Hall–Kier alpha value is -3.92. The van der Waals surface area contributed by atoms with Crippen molar-refractivity contribution in [1.29, 1.82) is 0 Å². The lowest BCUT2D eigenvalue weighted by Crippen LogP contribution is -2.54. The zero-order valence-corrected chi connectivity index (χ0v) is 18.2. The lowest BCUT2D eigenvalue weighted by molar-refractivity contribution is -0.145. The highest BCUT2D eigenvalue weighted by Crippen LogP contribution is 2.02. The fourth-order valence-electron chi connectivity index (χ4n) is 2.60. The molecule has 0 bridgehead atoms. The van der Waals surface area contributed by atoms with Crippen LogP contribution in [0.4, 0.5) is 4.79 Å². The Labute approximate surface area is 191 Å². The SMILES string of the molecule is C[C@H](O)[C@H](NC(=O)OCc1ccccc1)C(=O)NCC(=O)NCC(=O)OCc1ccccc1. The van der Waals surface area contributed by atoms with Crippen LogP contribution in [0.2, 0.25) is 0 Å². The summed E-state index contributed by atoms with van der Waals surface area (Å²) in [4.78, 5) is 47.9. The van der Waals surface area contributed by atoms with Gasteiger partial charge in [0.15, 0.2) is 0 Å². The molecule has 0 unspecified atom stereocenters. The smallest absolute Gasteiger partial charge is 0.408 e. The highest BCUT2D eigenvalue weighted by atomic mass is 16.5. The summed E-state index contributed by atoms with van der Waals surface area (Å²) < 4.78 is 10.1. The largest absolute Gasteiger partial charge is 0.460 e. The molecule has 0 fully saturated rings. The number of rotatable bonds is 11. The maximum absolute atomic E-state index is 12.3. The van der Waals surface area contributed by atoms with E-state index in [-0.39, 0.29) is 19.8 Å². The minimum absolute atomic E-state index is 0.0103. The molecule has 2 rings (SSSR count). The lowest BCUT2D eigenvalue weighted by Gasteiger charge is -2.20. The highest BCUT2D eigenvalue weighted by Gasteiger charge is 2.26. The second-order valence-corrected chi connectivity index (χ2v) is 7.07. The second kappa shape index (κ2) is 13.5. The Balaban J connectivity index is 1.69. The molecule has 3 amide bonds. The van der Waals surface area contributed by atoms with Gasteiger partial charge in [-0.05, 0) is 18.1 Å². The summed E-state index contributed by atoms with van der Waals surface area (Å²) in [5.41, 5.74) is 1.56. The van der Waals surface area contributed by atoms with Crippen LogP contribution in [0.5, 0.6) is 0 Å². The van der Waals surface area contributed by atoms with Crippen LogP contribution in [-0.2, 0) is 37.1 Å². The predicted octanol–water partition coefficient (Wildman–Crippen LogP) is 0.638. The average molecular weight is 457 g/mol. The van der Waals surface area contributed by atoms with Gasteiger partial charge in [0.2, 0.25) is 11.8 Å². The van der Waals surface area contributed by atoms with Crippen LogP contribution < -0.4 is 16.0 Å². The van der Waals surface area contributed by atoms with Gasteiger partial charge in [-0.15, -0.1) is 0 Å². The first-order valence-electron chi connectivity index (χ1n) is 10.2. The number of benzene rings is 2. The van der Waals surface area contributed by atoms with E-state index in [0.29, 0.717) is 0 Å². The van der Waals surface area contributed by atoms with E-state index in [1.807, 2.05) is 24.3 Å². The average Bonchev–Trinajstić information content (AvgIpc) is 2.83. The molecule has 0 spiro atoms. The van der Waals surface area contributed by atoms with Crippen LogP contribution in [-0.4, -0.2) is 54.2 Å². The van der Waals surface area contributed by atoms with Crippen LogP contribution in [0.3, 0.4) is 0 Å². The molecule has 0 aromatic heterocycles. The summed E-state index contributed by atoms with van der Waals surface area (Å²) in [5, 5.41) is 16.7. The van der Waals surface area contributed by atoms with Crippen molar-refractivity contribution in [2.75, 3.05) is 13.1 Å². The second-order valence-electron chi connectivity index (χ2n) is 7.07. The first kappa shape index (κ1) is 25.3. The number of alkyl carbamates (subject to hydrolysis) is 1. The zero-order chi connectivity index (χ0) is 24.1. The summed E-state index contributed by atoms with van der Waals surface area (Å²) in [5.74, 6) is -2.07. The molecule has 10 heteroatoms. The third-order valence-corrected chi connectivity index (χ3v) is 4.35. The van der Waals surface area contributed by atoms with E-state index in [0.717, 1.165) is 11.1 Å². The number of aliphatic hydroxyl groups is 1. The van der Waals surface area contributed by atoms with E-state index in [1.54, 1.807) is 36.4 Å². The van der Waals surface area contributed by atoms with E-state index in [2.05, 4.69) is 16.0 Å². The number of esters is 1. The summed E-state index contributed by atoms with van der Waals surface area (Å²) in [6.07, 6.45) is -2.14. The van der Waals surface area contributed by atoms with E-state index in [4.69, 9.17) is 9.47 Å². The molecule has 2 aromatic carbocycles. The fraction of sp³-hybridized carbons (Fsp3) is 0.304. The number of nitrogens with one attached hydrogen (secondary N) is 3. The van der Waals surface area contributed by atoms with Gasteiger partial charge in [-0.3, -0.25) is 14.4 Å². The molecule has 4 N–H and O–H groups in total. The van der Waals surface area contributed by atoms with Crippen LogP contribution in [0.25, 0.3) is 0 Å². The van der Waals surface area contributed by atoms with Gasteiger partial charge in [0.1, 0.15) is 25.8 Å². The Bertz CT molecular complexity index is 920. The molecule has 2 aromatic rings. The third kappa shape index (κ3) is 9.83. The quantitative estimate of drug-likeness (QED) is 0.363. The molecule has 0 aliphatic carbocycles. The first-order chi connectivity index (χ1) is 15.8. The number of ether oxygens (including phenoxy) is 2. The van der Waals surface area contributed by atoms with Gasteiger partial charge in [0.25, 0.3) is 0 Å². The van der Waals surface area contributed by atoms with Crippen molar-refractivity contribution in [2.24, 2.45) is 0 Å². The molecule has 33 heavy (non-hydrogen) atoms. The molecule has 0 aliphatic rings. The Morgan fingerprint density at radius 1 is 0.818 bits per heavy atom. The minimum atomic E-state index is -1.34. The number of hydrogen-bond acceptors (Lipinski definition) is 7. The normalized spacial score (nSPS) is 12.1. The monoisotopic (exact) mass is 457 g/mol. The molecular weight excluding hydrogens is 430 g/mol. The van der Waals surface area contributed by atoms with Gasteiger partial charge >= 0.3 is 12.1 Å². The van der Waals surface area contributed by atoms with Crippen molar-refractivity contribution >= 4 is 23.9 Å². The number of carbonyl (C=O) groups is 4. The summed E-state index contributed by atoms with van der Waals surface area (Å²) in [7, 11) is 0. The van der Waals surface area contributed by atoms with Crippen LogP contribution >= 0.6 is 0 Å². The summed E-state index contributed by atoms with van der Waals surface area (Å²) >= 11 is 0. The molecule has 2 atom stereocenters. The molecule has 0 heterocycles. The molecule has 0 radical (unpaired) electrons. The number of amides is 3. The number of hydrogen-bond donors (Lipinski definition) is 4. The van der Waals surface area contributed by atoms with Crippen LogP contribution in [0, 0.1) is 0 Å². The Morgan fingerprint density at radius 3 is 1.91 bits per heavy atom. The molecule has 0 saturated carbocycles. The van der Waals surface area contributed by atoms with Crippen LogP contribution in [0.15, 0.2) is 60.7 Å². The van der Waals surface area contributed by atoms with Gasteiger partial charge in [0.05, 0.1) is 12.6 Å². The van der Waals surface area contributed by atoms with E-state index in [9.17, 15) is 24.3 Å². The van der Waals surface area contributed by atoms with Crippen molar-refractivity contribution in [3.8, 4) is 0 Å². The minimum Gasteiger partial charge on any atom is -0.460 e. The number of aliphatic hydroxyl groups excluding tert-OH is 1. The van der Waals surface area contributed by atoms with Crippen molar-refractivity contribution in [3.63, 3.8) is 0 Å². The number of carbonyl (C=O) groups excluding carboxylic acids is 4. The zero-order valence-electron chi connectivity index (χ0n) is 18.2. The maximum Gasteiger partial charge on any atom is 0.408 e. The Morgan fingerprint density at radius 2 is 1.36 bits per heavy atom. The van der Waals surface area contributed by atoms with Gasteiger partial charge in [-0.25, -0.2) is 4.79 Å². The third-order valence-electron chi connectivity index (χ3n) is 4.35. The first-order valence-corrected chi connectivity index (χ1v) is 10.2. The summed E-state index contributed by atoms with van der Waals surface area (Å²) in [6, 6.07) is 16.6. The van der Waals surface area contributed by atoms with Gasteiger partial charge < -0.3 is 30.5 Å². The molecule has 10 nitrogen and oxygen atoms in total. The van der Waals surface area contributed by atoms with E-state index < -0.39 is 42.6 Å². The molecular formula is C23H27N3O7. The molecule has 176 valence electrons. The topological polar surface area (TPSA) is 143 Å². The van der Waals surface area contributed by atoms with Crippen molar-refractivity contribution < 1.29 is 33.8 Å². The summed E-state index contributed by atoms with van der Waals surface area (Å²) in [6.45, 7) is 0.544. The molecule has 0 aliphatic heterocycles. The fourth-order valence-corrected chi connectivity index (χ4v) is 2.60. The van der Waals surface area contributed by atoms with Gasteiger partial charge in [0, 0.05) is 0 Å².